The maximum absolute atomic E-state index is 3.75. The lowest BCUT2D eigenvalue weighted by Crippen LogP contribution is -2.37. The Kier molecular flexibility index (Phi) is 7.14. The van der Waals surface area contributed by atoms with Gasteiger partial charge in [-0.25, -0.2) is 0 Å². The smallest absolute Gasteiger partial charge is 0.00698 e. The topological polar surface area (TPSA) is 15.3 Å². The lowest BCUT2D eigenvalue weighted by atomic mass is 9.79. The van der Waals surface area contributed by atoms with Crippen molar-refractivity contribution in [2.75, 3.05) is 26.2 Å². The number of nitrogens with one attached hydrogen (secondary N) is 1. The van der Waals surface area contributed by atoms with Crippen LogP contribution >= 0.6 is 0 Å². The number of hydrogen-bond acceptors (Lipinski definition) is 2. The first-order valence-electron chi connectivity index (χ1n) is 7.63. The Morgan fingerprint density at radius 1 is 1.06 bits per heavy atom. The van der Waals surface area contributed by atoms with E-state index < -0.39 is 0 Å². The van der Waals surface area contributed by atoms with Gasteiger partial charge >= 0.3 is 0 Å². The van der Waals surface area contributed by atoms with Crippen molar-refractivity contribution in [2.45, 2.75) is 59.4 Å². The van der Waals surface area contributed by atoms with E-state index in [-0.39, 0.29) is 0 Å². The van der Waals surface area contributed by atoms with Gasteiger partial charge in [-0.15, -0.1) is 0 Å². The third-order valence-corrected chi connectivity index (χ3v) is 4.58. The van der Waals surface area contributed by atoms with Gasteiger partial charge in [-0.2, -0.15) is 0 Å². The molecule has 0 saturated heterocycles. The fourth-order valence-electron chi connectivity index (χ4n) is 2.88. The molecule has 2 heteroatoms. The molecule has 0 spiro atoms. The molecule has 1 aliphatic carbocycles. The molecule has 1 aliphatic rings. The predicted octanol–water partition coefficient (Wildman–Crippen LogP) is 3.13. The Bertz CT molecular complexity index is 189. The van der Waals surface area contributed by atoms with Crippen LogP contribution in [0.3, 0.4) is 0 Å². The highest BCUT2D eigenvalue weighted by Gasteiger charge is 2.23. The molecular weight excluding hydrogens is 208 g/mol. The van der Waals surface area contributed by atoms with Crippen LogP contribution in [0.4, 0.5) is 0 Å². The van der Waals surface area contributed by atoms with Gasteiger partial charge in [0.25, 0.3) is 0 Å². The van der Waals surface area contributed by atoms with Crippen LogP contribution in [0.15, 0.2) is 0 Å². The maximum Gasteiger partial charge on any atom is 0.00698 e. The van der Waals surface area contributed by atoms with Gasteiger partial charge in [-0.3, -0.25) is 0 Å². The summed E-state index contributed by atoms with van der Waals surface area (Å²) in [6.45, 7) is 14.1. The van der Waals surface area contributed by atoms with Crippen LogP contribution in [0.1, 0.15) is 53.4 Å². The molecule has 1 fully saturated rings. The molecule has 3 atom stereocenters. The summed E-state index contributed by atoms with van der Waals surface area (Å²) in [4.78, 5) is 2.51. The van der Waals surface area contributed by atoms with Crippen LogP contribution in [0.2, 0.25) is 0 Å². The lowest BCUT2D eigenvalue weighted by Gasteiger charge is -2.32. The first kappa shape index (κ1) is 15.0. The van der Waals surface area contributed by atoms with E-state index in [1.54, 1.807) is 0 Å². The highest BCUT2D eigenvalue weighted by atomic mass is 15.1. The highest BCUT2D eigenvalue weighted by molar-refractivity contribution is 4.79. The van der Waals surface area contributed by atoms with E-state index in [2.05, 4.69) is 37.9 Å². The van der Waals surface area contributed by atoms with Crippen LogP contribution in [0, 0.1) is 11.8 Å². The number of rotatable bonds is 7. The molecular formula is C15H32N2. The minimum absolute atomic E-state index is 0.790. The third-order valence-electron chi connectivity index (χ3n) is 4.58. The van der Waals surface area contributed by atoms with E-state index >= 15 is 0 Å². The molecule has 17 heavy (non-hydrogen) atoms. The summed E-state index contributed by atoms with van der Waals surface area (Å²) in [5, 5.41) is 3.75. The zero-order valence-electron chi connectivity index (χ0n) is 12.3. The molecule has 1 saturated carbocycles. The molecule has 0 aromatic heterocycles. The van der Waals surface area contributed by atoms with Crippen molar-refractivity contribution < 1.29 is 0 Å². The molecule has 0 aromatic carbocycles. The van der Waals surface area contributed by atoms with Crippen LogP contribution < -0.4 is 5.32 Å². The Morgan fingerprint density at radius 2 is 1.76 bits per heavy atom. The van der Waals surface area contributed by atoms with E-state index in [1.165, 1.54) is 51.9 Å². The number of nitrogens with zero attached hydrogens (tertiary/aromatic N) is 1. The minimum atomic E-state index is 0.790. The van der Waals surface area contributed by atoms with Crippen molar-refractivity contribution in [3.8, 4) is 0 Å². The third kappa shape index (κ3) is 5.39. The monoisotopic (exact) mass is 240 g/mol. The second-order valence-corrected chi connectivity index (χ2v) is 5.80. The molecule has 0 aliphatic heterocycles. The van der Waals surface area contributed by atoms with Crippen LogP contribution in [0.5, 0.6) is 0 Å². The second kappa shape index (κ2) is 8.10. The van der Waals surface area contributed by atoms with Gasteiger partial charge in [-0.1, -0.05) is 27.7 Å². The molecule has 0 radical (unpaired) electrons. The van der Waals surface area contributed by atoms with E-state index in [9.17, 15) is 0 Å². The quantitative estimate of drug-likeness (QED) is 0.688. The zero-order chi connectivity index (χ0) is 12.7. The first-order chi connectivity index (χ1) is 8.17. The van der Waals surface area contributed by atoms with Crippen LogP contribution in [-0.2, 0) is 0 Å². The molecule has 0 heterocycles. The van der Waals surface area contributed by atoms with E-state index in [1.807, 2.05) is 0 Å². The van der Waals surface area contributed by atoms with Crippen molar-refractivity contribution in [3.05, 3.63) is 0 Å². The van der Waals surface area contributed by atoms with Gasteiger partial charge in [0.1, 0.15) is 0 Å². The van der Waals surface area contributed by atoms with Gasteiger partial charge in [0, 0.05) is 6.04 Å². The molecule has 0 bridgehead atoms. The molecule has 0 aromatic rings. The molecule has 1 rings (SSSR count). The SMILES string of the molecule is CCN(CC)CCCNC1CCC(C)C(C)C1. The molecule has 2 nitrogen and oxygen atoms in total. The van der Waals surface area contributed by atoms with Crippen LogP contribution in [0.25, 0.3) is 0 Å². The molecule has 3 unspecified atom stereocenters. The number of hydrogen-bond donors (Lipinski definition) is 1. The summed E-state index contributed by atoms with van der Waals surface area (Å²) in [7, 11) is 0. The Hall–Kier alpha value is -0.0800. The van der Waals surface area contributed by atoms with E-state index in [4.69, 9.17) is 0 Å². The summed E-state index contributed by atoms with van der Waals surface area (Å²) in [5.41, 5.74) is 0. The molecule has 0 amide bonds. The summed E-state index contributed by atoms with van der Waals surface area (Å²) < 4.78 is 0. The van der Waals surface area contributed by atoms with Gasteiger partial charge in [0.05, 0.1) is 0 Å². The fraction of sp³-hybridized carbons (Fsp3) is 1.00. The van der Waals surface area contributed by atoms with Crippen molar-refractivity contribution in [3.63, 3.8) is 0 Å². The largest absolute Gasteiger partial charge is 0.314 e. The Labute approximate surface area is 108 Å². The van der Waals surface area contributed by atoms with E-state index in [0.717, 1.165) is 17.9 Å². The van der Waals surface area contributed by atoms with E-state index in [0.29, 0.717) is 0 Å². The first-order valence-corrected chi connectivity index (χ1v) is 7.63. The maximum atomic E-state index is 3.75. The average Bonchev–Trinajstić information content (AvgIpc) is 2.34. The second-order valence-electron chi connectivity index (χ2n) is 5.80. The van der Waals surface area contributed by atoms with Crippen molar-refractivity contribution in [1.82, 2.24) is 10.2 Å². The summed E-state index contributed by atoms with van der Waals surface area (Å²) in [6, 6.07) is 0.790. The van der Waals surface area contributed by atoms with Gasteiger partial charge < -0.3 is 10.2 Å². The minimum Gasteiger partial charge on any atom is -0.314 e. The highest BCUT2D eigenvalue weighted by Crippen LogP contribution is 2.29. The van der Waals surface area contributed by atoms with Crippen LogP contribution in [-0.4, -0.2) is 37.1 Å². The van der Waals surface area contributed by atoms with Gasteiger partial charge in [0.15, 0.2) is 0 Å². The normalized spacial score (nSPS) is 29.8. The Morgan fingerprint density at radius 3 is 2.35 bits per heavy atom. The predicted molar refractivity (Wildman–Crippen MR) is 76.4 cm³/mol. The Balaban J connectivity index is 2.07. The fourth-order valence-corrected chi connectivity index (χ4v) is 2.88. The lowest BCUT2D eigenvalue weighted by molar-refractivity contribution is 0.222. The van der Waals surface area contributed by atoms with Gasteiger partial charge in [-0.05, 0) is 63.7 Å². The summed E-state index contributed by atoms with van der Waals surface area (Å²) >= 11 is 0. The summed E-state index contributed by atoms with van der Waals surface area (Å²) in [5.74, 6) is 1.84. The van der Waals surface area contributed by atoms with Gasteiger partial charge in [0.2, 0.25) is 0 Å². The average molecular weight is 240 g/mol. The molecule has 102 valence electrons. The zero-order valence-corrected chi connectivity index (χ0v) is 12.3. The summed E-state index contributed by atoms with van der Waals surface area (Å²) in [6.07, 6.45) is 5.47. The van der Waals surface area contributed by atoms with Crippen molar-refractivity contribution in [1.29, 1.82) is 0 Å². The standard InChI is InChI=1S/C15H32N2/c1-5-17(6-2)11-7-10-16-15-9-8-13(3)14(4)12-15/h13-16H,5-12H2,1-4H3. The van der Waals surface area contributed by atoms with Crippen molar-refractivity contribution in [2.24, 2.45) is 11.8 Å². The van der Waals surface area contributed by atoms with Crippen molar-refractivity contribution >= 4 is 0 Å². The molecule has 1 N–H and O–H groups in total.